The van der Waals surface area contributed by atoms with Crippen LogP contribution in [-0.4, -0.2) is 50.2 Å². The average molecular weight is 238 g/mol. The summed E-state index contributed by atoms with van der Waals surface area (Å²) in [6.07, 6.45) is 7.36. The molecule has 1 saturated heterocycles. The number of likely N-dealkylation sites (N-methyl/N-ethyl adjacent to an activating group) is 1. The zero-order chi connectivity index (χ0) is 12.1. The quantitative estimate of drug-likeness (QED) is 0.739. The molecule has 96 valence electrons. The fourth-order valence-electron chi connectivity index (χ4n) is 2.46. The molecule has 0 spiro atoms. The Balaban J connectivity index is 1.79. The highest BCUT2D eigenvalue weighted by molar-refractivity contribution is 5.79. The molecule has 0 radical (unpaired) electrons. The van der Waals surface area contributed by atoms with Crippen LogP contribution in [0.4, 0.5) is 0 Å². The first-order chi connectivity index (χ1) is 8.27. The highest BCUT2D eigenvalue weighted by Crippen LogP contribution is 2.20. The lowest BCUT2D eigenvalue weighted by Gasteiger charge is -2.30. The van der Waals surface area contributed by atoms with Gasteiger partial charge in [-0.25, -0.2) is 0 Å². The van der Waals surface area contributed by atoms with Crippen LogP contribution in [-0.2, 0) is 9.53 Å². The van der Waals surface area contributed by atoms with Gasteiger partial charge in [0.25, 0.3) is 0 Å². The molecule has 0 saturated carbocycles. The minimum Gasteiger partial charge on any atom is -0.374 e. The Kier molecular flexibility index (Phi) is 4.57. The van der Waals surface area contributed by atoms with Crippen LogP contribution in [0.3, 0.4) is 0 Å². The lowest BCUT2D eigenvalue weighted by molar-refractivity contribution is -0.136. The monoisotopic (exact) mass is 238 g/mol. The van der Waals surface area contributed by atoms with E-state index < -0.39 is 0 Å². The van der Waals surface area contributed by atoms with Crippen molar-refractivity contribution in [1.29, 1.82) is 0 Å². The summed E-state index contributed by atoms with van der Waals surface area (Å²) >= 11 is 0. The fourth-order valence-corrected chi connectivity index (χ4v) is 2.46. The molecule has 0 aromatic carbocycles. The SMILES string of the molecule is CN(CC1CNCCO1)C(=O)C1CC=CCC1. The summed E-state index contributed by atoms with van der Waals surface area (Å²) in [4.78, 5) is 14.0. The van der Waals surface area contributed by atoms with Crippen molar-refractivity contribution in [2.45, 2.75) is 25.4 Å². The van der Waals surface area contributed by atoms with Crippen LogP contribution < -0.4 is 5.32 Å². The van der Waals surface area contributed by atoms with E-state index in [4.69, 9.17) is 4.74 Å². The number of carbonyl (C=O) groups is 1. The van der Waals surface area contributed by atoms with Crippen LogP contribution in [0.15, 0.2) is 12.2 Å². The van der Waals surface area contributed by atoms with Gasteiger partial charge in [0.1, 0.15) is 0 Å². The highest BCUT2D eigenvalue weighted by Gasteiger charge is 2.24. The molecule has 2 atom stereocenters. The maximum Gasteiger partial charge on any atom is 0.225 e. The molecule has 0 aromatic rings. The molecule has 0 aromatic heterocycles. The number of hydrogen-bond acceptors (Lipinski definition) is 3. The smallest absolute Gasteiger partial charge is 0.225 e. The number of allylic oxidation sites excluding steroid dienone is 2. The number of nitrogens with zero attached hydrogens (tertiary/aromatic N) is 1. The molecule has 1 fully saturated rings. The van der Waals surface area contributed by atoms with Gasteiger partial charge in [-0.1, -0.05) is 12.2 Å². The van der Waals surface area contributed by atoms with E-state index in [1.54, 1.807) is 0 Å². The zero-order valence-electron chi connectivity index (χ0n) is 10.5. The summed E-state index contributed by atoms with van der Waals surface area (Å²) in [5.41, 5.74) is 0. The van der Waals surface area contributed by atoms with Crippen LogP contribution in [0, 0.1) is 5.92 Å². The second kappa shape index (κ2) is 6.17. The normalized spacial score (nSPS) is 29.0. The molecule has 4 nitrogen and oxygen atoms in total. The molecular weight excluding hydrogens is 216 g/mol. The third-order valence-electron chi connectivity index (χ3n) is 3.48. The summed E-state index contributed by atoms with van der Waals surface area (Å²) in [5, 5.41) is 3.28. The van der Waals surface area contributed by atoms with Crippen molar-refractivity contribution in [1.82, 2.24) is 10.2 Å². The second-order valence-corrected chi connectivity index (χ2v) is 4.90. The van der Waals surface area contributed by atoms with E-state index in [9.17, 15) is 4.79 Å². The Morgan fingerprint density at radius 2 is 2.41 bits per heavy atom. The van der Waals surface area contributed by atoms with Gasteiger partial charge in [0, 0.05) is 32.6 Å². The summed E-state index contributed by atoms with van der Waals surface area (Å²) in [6.45, 7) is 3.22. The van der Waals surface area contributed by atoms with Gasteiger partial charge in [0.15, 0.2) is 0 Å². The second-order valence-electron chi connectivity index (χ2n) is 4.90. The predicted octanol–water partition coefficient (Wildman–Crippen LogP) is 0.789. The summed E-state index contributed by atoms with van der Waals surface area (Å²) in [5.74, 6) is 0.449. The third kappa shape index (κ3) is 3.54. The highest BCUT2D eigenvalue weighted by atomic mass is 16.5. The molecule has 2 rings (SSSR count). The van der Waals surface area contributed by atoms with Crippen LogP contribution in [0.5, 0.6) is 0 Å². The molecule has 4 heteroatoms. The Hall–Kier alpha value is -0.870. The first-order valence-electron chi connectivity index (χ1n) is 6.49. The Morgan fingerprint density at radius 3 is 3.06 bits per heavy atom. The van der Waals surface area contributed by atoms with Crippen LogP contribution in [0.1, 0.15) is 19.3 Å². The number of carbonyl (C=O) groups excluding carboxylic acids is 1. The number of nitrogens with one attached hydrogen (secondary N) is 1. The van der Waals surface area contributed by atoms with E-state index in [-0.39, 0.29) is 17.9 Å². The van der Waals surface area contributed by atoms with E-state index in [1.807, 2.05) is 11.9 Å². The van der Waals surface area contributed by atoms with Gasteiger partial charge in [0.2, 0.25) is 5.91 Å². The first-order valence-corrected chi connectivity index (χ1v) is 6.49. The van der Waals surface area contributed by atoms with E-state index in [0.29, 0.717) is 6.54 Å². The predicted molar refractivity (Wildman–Crippen MR) is 66.7 cm³/mol. The summed E-state index contributed by atoms with van der Waals surface area (Å²) < 4.78 is 5.62. The van der Waals surface area contributed by atoms with Gasteiger partial charge in [0.05, 0.1) is 12.7 Å². The van der Waals surface area contributed by atoms with Crippen molar-refractivity contribution in [3.05, 3.63) is 12.2 Å². The van der Waals surface area contributed by atoms with E-state index >= 15 is 0 Å². The van der Waals surface area contributed by atoms with Gasteiger partial charge >= 0.3 is 0 Å². The molecule has 2 aliphatic rings. The number of hydrogen-bond donors (Lipinski definition) is 1. The zero-order valence-corrected chi connectivity index (χ0v) is 10.5. The van der Waals surface area contributed by atoms with Crippen molar-refractivity contribution < 1.29 is 9.53 Å². The topological polar surface area (TPSA) is 41.6 Å². The van der Waals surface area contributed by atoms with Gasteiger partial charge in [-0.15, -0.1) is 0 Å². The van der Waals surface area contributed by atoms with Crippen molar-refractivity contribution in [3.63, 3.8) is 0 Å². The molecule has 17 heavy (non-hydrogen) atoms. The maximum atomic E-state index is 12.2. The van der Waals surface area contributed by atoms with Gasteiger partial charge in [-0.05, 0) is 19.3 Å². The first kappa shape index (κ1) is 12.6. The number of amides is 1. The molecule has 1 heterocycles. The maximum absolute atomic E-state index is 12.2. The average Bonchev–Trinajstić information content (AvgIpc) is 2.40. The lowest BCUT2D eigenvalue weighted by atomic mass is 9.93. The molecule has 0 bridgehead atoms. The minimum atomic E-state index is 0.150. The molecule has 1 amide bonds. The molecular formula is C13H22N2O2. The number of rotatable bonds is 3. The summed E-state index contributed by atoms with van der Waals surface area (Å²) in [6, 6.07) is 0. The molecule has 1 aliphatic heterocycles. The van der Waals surface area contributed by atoms with Crippen LogP contribution in [0.25, 0.3) is 0 Å². The standard InChI is InChI=1S/C13H22N2O2/c1-15(10-12-9-14-7-8-17-12)13(16)11-5-3-2-4-6-11/h2-3,11-12,14H,4-10H2,1H3. The van der Waals surface area contributed by atoms with Gasteiger partial charge in [-0.2, -0.15) is 0 Å². The van der Waals surface area contributed by atoms with Crippen LogP contribution >= 0.6 is 0 Å². The lowest BCUT2D eigenvalue weighted by Crippen LogP contribution is -2.46. The third-order valence-corrected chi connectivity index (χ3v) is 3.48. The summed E-state index contributed by atoms with van der Waals surface area (Å²) in [7, 11) is 1.89. The number of ether oxygens (including phenoxy) is 1. The number of morpholine rings is 1. The Bertz CT molecular complexity index is 285. The van der Waals surface area contributed by atoms with Crippen LogP contribution in [0.2, 0.25) is 0 Å². The van der Waals surface area contributed by atoms with Crippen molar-refractivity contribution in [3.8, 4) is 0 Å². The van der Waals surface area contributed by atoms with E-state index in [1.165, 1.54) is 0 Å². The van der Waals surface area contributed by atoms with E-state index in [2.05, 4.69) is 17.5 Å². The van der Waals surface area contributed by atoms with Crippen molar-refractivity contribution >= 4 is 5.91 Å². The Morgan fingerprint density at radius 1 is 1.53 bits per heavy atom. The molecule has 1 N–H and O–H groups in total. The molecule has 2 unspecified atom stereocenters. The molecule has 1 aliphatic carbocycles. The Labute approximate surface area is 103 Å². The largest absolute Gasteiger partial charge is 0.374 e. The van der Waals surface area contributed by atoms with Gasteiger partial charge in [-0.3, -0.25) is 4.79 Å². The fraction of sp³-hybridized carbons (Fsp3) is 0.769. The van der Waals surface area contributed by atoms with Crippen molar-refractivity contribution in [2.75, 3.05) is 33.3 Å². The van der Waals surface area contributed by atoms with E-state index in [0.717, 1.165) is 39.0 Å². The van der Waals surface area contributed by atoms with Gasteiger partial charge < -0.3 is 15.0 Å². The van der Waals surface area contributed by atoms with Crippen molar-refractivity contribution in [2.24, 2.45) is 5.92 Å². The minimum absolute atomic E-state index is 0.150.